The van der Waals surface area contributed by atoms with Crippen molar-refractivity contribution >= 4 is 29.1 Å². The minimum absolute atomic E-state index is 0.265. The monoisotopic (exact) mass is 203 g/mol. The molecule has 2 N–H and O–H groups in total. The van der Waals surface area contributed by atoms with Crippen molar-refractivity contribution in [1.29, 1.82) is 0 Å². The lowest BCUT2D eigenvalue weighted by Crippen LogP contribution is -2.11. The van der Waals surface area contributed by atoms with Crippen LogP contribution in [0.25, 0.3) is 0 Å². The van der Waals surface area contributed by atoms with Gasteiger partial charge in [-0.15, -0.1) is 0 Å². The van der Waals surface area contributed by atoms with Gasteiger partial charge in [-0.2, -0.15) is 0 Å². The number of hydrogen-bond acceptors (Lipinski definition) is 1. The standard InChI is InChI=1S/C8H7Cl2NO/c1-4-2-5(9)3-6(7(4)10)8(11)12/h2-3H,1H3,(H2,11,12). The van der Waals surface area contributed by atoms with Crippen LogP contribution in [0.15, 0.2) is 12.1 Å². The molecule has 1 rings (SSSR count). The van der Waals surface area contributed by atoms with Gasteiger partial charge in [-0.3, -0.25) is 4.79 Å². The molecule has 1 aromatic rings. The molecule has 2 nitrogen and oxygen atoms in total. The molecule has 0 fully saturated rings. The molecule has 0 bridgehead atoms. The van der Waals surface area contributed by atoms with Crippen molar-refractivity contribution < 1.29 is 4.79 Å². The number of halogens is 2. The Bertz CT molecular complexity index is 336. The van der Waals surface area contributed by atoms with Crippen LogP contribution in [-0.4, -0.2) is 5.91 Å². The van der Waals surface area contributed by atoms with Crippen molar-refractivity contribution in [3.05, 3.63) is 33.3 Å². The summed E-state index contributed by atoms with van der Waals surface area (Å²) in [4.78, 5) is 10.8. The number of carbonyl (C=O) groups is 1. The third-order valence-electron chi connectivity index (χ3n) is 1.48. The van der Waals surface area contributed by atoms with E-state index in [1.54, 1.807) is 13.0 Å². The van der Waals surface area contributed by atoms with Gasteiger partial charge in [0.2, 0.25) is 5.91 Å². The van der Waals surface area contributed by atoms with E-state index < -0.39 is 5.91 Å². The van der Waals surface area contributed by atoms with Gasteiger partial charge in [0.1, 0.15) is 0 Å². The molecule has 0 aromatic heterocycles. The molecule has 12 heavy (non-hydrogen) atoms. The van der Waals surface area contributed by atoms with Gasteiger partial charge in [0.05, 0.1) is 10.6 Å². The summed E-state index contributed by atoms with van der Waals surface area (Å²) in [5, 5.41) is 0.831. The topological polar surface area (TPSA) is 43.1 Å². The fraction of sp³-hybridized carbons (Fsp3) is 0.125. The summed E-state index contributed by atoms with van der Waals surface area (Å²) in [5.74, 6) is -0.564. The first-order chi connectivity index (χ1) is 5.52. The maximum absolute atomic E-state index is 10.8. The summed E-state index contributed by atoms with van der Waals surface area (Å²) in [5.41, 5.74) is 6.08. The smallest absolute Gasteiger partial charge is 0.250 e. The van der Waals surface area contributed by atoms with E-state index in [1.165, 1.54) is 6.07 Å². The molecule has 0 saturated heterocycles. The Kier molecular flexibility index (Phi) is 2.60. The van der Waals surface area contributed by atoms with E-state index in [9.17, 15) is 4.79 Å². The number of benzene rings is 1. The fourth-order valence-electron chi connectivity index (χ4n) is 0.905. The Hall–Kier alpha value is -0.730. The zero-order valence-corrected chi connectivity index (χ0v) is 7.91. The van der Waals surface area contributed by atoms with Crippen molar-refractivity contribution in [2.75, 3.05) is 0 Å². The summed E-state index contributed by atoms with van der Waals surface area (Å²) in [6.45, 7) is 1.76. The average Bonchev–Trinajstić information content (AvgIpc) is 1.96. The van der Waals surface area contributed by atoms with E-state index in [0.29, 0.717) is 10.0 Å². The Balaban J connectivity index is 3.37. The Morgan fingerprint density at radius 2 is 2.00 bits per heavy atom. The Morgan fingerprint density at radius 1 is 1.42 bits per heavy atom. The van der Waals surface area contributed by atoms with Crippen molar-refractivity contribution in [2.24, 2.45) is 5.73 Å². The van der Waals surface area contributed by atoms with E-state index in [-0.39, 0.29) is 5.56 Å². The summed E-state index contributed by atoms with van der Waals surface area (Å²) in [7, 11) is 0. The van der Waals surface area contributed by atoms with Crippen molar-refractivity contribution in [3.63, 3.8) is 0 Å². The van der Waals surface area contributed by atoms with E-state index in [2.05, 4.69) is 0 Å². The van der Waals surface area contributed by atoms with Crippen LogP contribution in [0.3, 0.4) is 0 Å². The third-order valence-corrected chi connectivity index (χ3v) is 2.20. The van der Waals surface area contributed by atoms with Gasteiger partial charge >= 0.3 is 0 Å². The van der Waals surface area contributed by atoms with Crippen molar-refractivity contribution in [1.82, 2.24) is 0 Å². The highest BCUT2D eigenvalue weighted by molar-refractivity contribution is 6.36. The Labute approximate surface area is 80.3 Å². The summed E-state index contributed by atoms with van der Waals surface area (Å²) in [6.07, 6.45) is 0. The molecular weight excluding hydrogens is 197 g/mol. The van der Waals surface area contributed by atoms with E-state index in [1.807, 2.05) is 0 Å². The molecule has 0 aliphatic heterocycles. The minimum Gasteiger partial charge on any atom is -0.366 e. The minimum atomic E-state index is -0.564. The van der Waals surface area contributed by atoms with E-state index in [0.717, 1.165) is 5.56 Å². The number of rotatable bonds is 1. The molecule has 0 radical (unpaired) electrons. The molecule has 0 aliphatic carbocycles. The third kappa shape index (κ3) is 1.71. The quantitative estimate of drug-likeness (QED) is 0.749. The molecule has 0 unspecified atom stereocenters. The Morgan fingerprint density at radius 3 is 2.50 bits per heavy atom. The molecule has 1 aromatic carbocycles. The number of hydrogen-bond donors (Lipinski definition) is 1. The van der Waals surface area contributed by atoms with E-state index in [4.69, 9.17) is 28.9 Å². The second kappa shape index (κ2) is 3.33. The van der Waals surface area contributed by atoms with Crippen LogP contribution in [0.5, 0.6) is 0 Å². The normalized spacial score (nSPS) is 9.92. The second-order valence-corrected chi connectivity index (χ2v) is 3.26. The largest absolute Gasteiger partial charge is 0.366 e. The maximum atomic E-state index is 10.8. The first-order valence-electron chi connectivity index (χ1n) is 3.28. The fourth-order valence-corrected chi connectivity index (χ4v) is 1.38. The molecule has 0 atom stereocenters. The van der Waals surface area contributed by atoms with Crippen LogP contribution in [0.4, 0.5) is 0 Å². The zero-order chi connectivity index (χ0) is 9.30. The summed E-state index contributed by atoms with van der Waals surface area (Å²) < 4.78 is 0. The van der Waals surface area contributed by atoms with Crippen LogP contribution < -0.4 is 5.73 Å². The zero-order valence-electron chi connectivity index (χ0n) is 6.40. The van der Waals surface area contributed by atoms with Crippen molar-refractivity contribution in [3.8, 4) is 0 Å². The number of aryl methyl sites for hydroxylation is 1. The van der Waals surface area contributed by atoms with Crippen LogP contribution >= 0.6 is 23.2 Å². The van der Waals surface area contributed by atoms with Crippen LogP contribution in [0, 0.1) is 6.92 Å². The van der Waals surface area contributed by atoms with Gasteiger partial charge in [-0.05, 0) is 24.6 Å². The number of carbonyl (C=O) groups excluding carboxylic acids is 1. The van der Waals surface area contributed by atoms with Gasteiger partial charge in [0, 0.05) is 5.02 Å². The average molecular weight is 204 g/mol. The predicted octanol–water partition coefficient (Wildman–Crippen LogP) is 2.40. The first-order valence-corrected chi connectivity index (χ1v) is 4.03. The summed E-state index contributed by atoms with van der Waals surface area (Å²) in [6, 6.07) is 3.13. The highest BCUT2D eigenvalue weighted by Crippen LogP contribution is 2.24. The molecular formula is C8H7Cl2NO. The lowest BCUT2D eigenvalue weighted by atomic mass is 10.1. The van der Waals surface area contributed by atoms with Crippen LogP contribution in [-0.2, 0) is 0 Å². The lowest BCUT2D eigenvalue weighted by molar-refractivity contribution is 0.100. The molecule has 0 heterocycles. The van der Waals surface area contributed by atoms with Gasteiger partial charge < -0.3 is 5.73 Å². The van der Waals surface area contributed by atoms with Gasteiger partial charge in [0.15, 0.2) is 0 Å². The van der Waals surface area contributed by atoms with Gasteiger partial charge in [0.25, 0.3) is 0 Å². The molecule has 64 valence electrons. The maximum Gasteiger partial charge on any atom is 0.250 e. The van der Waals surface area contributed by atoms with Crippen LogP contribution in [0.1, 0.15) is 15.9 Å². The van der Waals surface area contributed by atoms with Gasteiger partial charge in [-0.25, -0.2) is 0 Å². The molecule has 0 saturated carbocycles. The lowest BCUT2D eigenvalue weighted by Gasteiger charge is -2.03. The molecule has 1 amide bonds. The SMILES string of the molecule is Cc1cc(Cl)cc(C(N)=O)c1Cl. The molecule has 0 spiro atoms. The van der Waals surface area contributed by atoms with Crippen molar-refractivity contribution in [2.45, 2.75) is 6.92 Å². The predicted molar refractivity (Wildman–Crippen MR) is 49.7 cm³/mol. The van der Waals surface area contributed by atoms with Crippen LogP contribution in [0.2, 0.25) is 10.0 Å². The number of amides is 1. The first kappa shape index (κ1) is 9.36. The van der Waals surface area contributed by atoms with E-state index >= 15 is 0 Å². The number of primary amides is 1. The molecule has 0 aliphatic rings. The second-order valence-electron chi connectivity index (χ2n) is 2.45. The number of nitrogens with two attached hydrogens (primary N) is 1. The highest BCUT2D eigenvalue weighted by atomic mass is 35.5. The van der Waals surface area contributed by atoms with Gasteiger partial charge in [-0.1, -0.05) is 23.2 Å². The highest BCUT2D eigenvalue weighted by Gasteiger charge is 2.09. The molecule has 4 heteroatoms. The summed E-state index contributed by atoms with van der Waals surface area (Å²) >= 11 is 11.5.